The summed E-state index contributed by atoms with van der Waals surface area (Å²) in [4.78, 5) is 0. The number of halogens is 2. The van der Waals surface area contributed by atoms with Gasteiger partial charge >= 0.3 is 0 Å². The molecule has 1 rings (SSSR count). The molecule has 106 valence electrons. The summed E-state index contributed by atoms with van der Waals surface area (Å²) >= 11 is 0. The van der Waals surface area contributed by atoms with Crippen molar-refractivity contribution in [3.8, 4) is 11.5 Å². The lowest BCUT2D eigenvalue weighted by Gasteiger charge is -2.11. The number of ether oxygens (including phenoxy) is 2. The van der Waals surface area contributed by atoms with Crippen molar-refractivity contribution in [3.05, 3.63) is 35.4 Å². The van der Waals surface area contributed by atoms with E-state index in [1.807, 2.05) is 26.8 Å². The molecule has 0 aliphatic rings. The Balaban J connectivity index is 2.73. The SMILES string of the molecule is C/C=C(\C)COc1ccc(OCCCC)c(F)c1F. The van der Waals surface area contributed by atoms with E-state index in [0.717, 1.165) is 18.4 Å². The summed E-state index contributed by atoms with van der Waals surface area (Å²) in [6.07, 6.45) is 3.60. The number of allylic oxidation sites excluding steroid dienone is 1. The van der Waals surface area contributed by atoms with Crippen LogP contribution in [0.15, 0.2) is 23.8 Å². The molecule has 0 unspecified atom stereocenters. The quantitative estimate of drug-likeness (QED) is 0.537. The monoisotopic (exact) mass is 270 g/mol. The molecule has 0 aromatic heterocycles. The second kappa shape index (κ2) is 7.77. The Morgan fingerprint density at radius 2 is 1.74 bits per heavy atom. The van der Waals surface area contributed by atoms with Crippen LogP contribution >= 0.6 is 0 Å². The summed E-state index contributed by atoms with van der Waals surface area (Å²) in [5.41, 5.74) is 0.947. The molecular formula is C15H20F2O2. The van der Waals surface area contributed by atoms with Gasteiger partial charge in [0.1, 0.15) is 6.61 Å². The van der Waals surface area contributed by atoms with E-state index in [4.69, 9.17) is 9.47 Å². The highest BCUT2D eigenvalue weighted by Crippen LogP contribution is 2.28. The van der Waals surface area contributed by atoms with E-state index < -0.39 is 11.6 Å². The lowest BCUT2D eigenvalue weighted by molar-refractivity contribution is 0.279. The van der Waals surface area contributed by atoms with Crippen molar-refractivity contribution in [2.75, 3.05) is 13.2 Å². The molecule has 1 aromatic rings. The Morgan fingerprint density at radius 1 is 1.16 bits per heavy atom. The summed E-state index contributed by atoms with van der Waals surface area (Å²) in [6.45, 7) is 6.34. The Hall–Kier alpha value is -1.58. The van der Waals surface area contributed by atoms with Crippen LogP contribution in [0, 0.1) is 11.6 Å². The average molecular weight is 270 g/mol. The number of hydrogen-bond acceptors (Lipinski definition) is 2. The van der Waals surface area contributed by atoms with Crippen LogP contribution in [-0.4, -0.2) is 13.2 Å². The maximum atomic E-state index is 13.7. The first-order chi connectivity index (χ1) is 9.10. The van der Waals surface area contributed by atoms with Crippen molar-refractivity contribution in [1.82, 2.24) is 0 Å². The zero-order valence-corrected chi connectivity index (χ0v) is 11.6. The van der Waals surface area contributed by atoms with Crippen LogP contribution in [0.4, 0.5) is 8.78 Å². The van der Waals surface area contributed by atoms with Gasteiger partial charge in [0, 0.05) is 0 Å². The largest absolute Gasteiger partial charge is 0.490 e. The van der Waals surface area contributed by atoms with Crippen LogP contribution in [0.1, 0.15) is 33.6 Å². The standard InChI is InChI=1S/C15H20F2O2/c1-4-6-9-18-12-7-8-13(15(17)14(12)16)19-10-11(3)5-2/h5,7-8H,4,6,9-10H2,1-3H3/b11-5+. The van der Waals surface area contributed by atoms with Crippen LogP contribution in [0.5, 0.6) is 11.5 Å². The van der Waals surface area contributed by atoms with Gasteiger partial charge in [0.25, 0.3) is 0 Å². The van der Waals surface area contributed by atoms with Gasteiger partial charge < -0.3 is 9.47 Å². The molecule has 4 heteroatoms. The van der Waals surface area contributed by atoms with E-state index >= 15 is 0 Å². The first-order valence-corrected chi connectivity index (χ1v) is 6.45. The van der Waals surface area contributed by atoms with E-state index in [1.54, 1.807) is 0 Å². The van der Waals surface area contributed by atoms with E-state index in [-0.39, 0.29) is 18.1 Å². The fraction of sp³-hybridized carbons (Fsp3) is 0.467. The molecule has 0 saturated carbocycles. The van der Waals surface area contributed by atoms with Gasteiger partial charge in [-0.1, -0.05) is 19.4 Å². The third kappa shape index (κ3) is 4.54. The molecule has 0 aliphatic carbocycles. The minimum atomic E-state index is -1.00. The van der Waals surface area contributed by atoms with Crippen LogP contribution < -0.4 is 9.47 Å². The summed E-state index contributed by atoms with van der Waals surface area (Å²) in [6, 6.07) is 2.79. The van der Waals surface area contributed by atoms with Crippen LogP contribution in [0.2, 0.25) is 0 Å². The summed E-state index contributed by atoms with van der Waals surface area (Å²) in [7, 11) is 0. The van der Waals surface area contributed by atoms with Crippen LogP contribution in [-0.2, 0) is 0 Å². The third-order valence-corrected chi connectivity index (χ3v) is 2.72. The van der Waals surface area contributed by atoms with Crippen molar-refractivity contribution in [3.63, 3.8) is 0 Å². The molecule has 0 N–H and O–H groups in total. The van der Waals surface area contributed by atoms with Gasteiger partial charge in [-0.15, -0.1) is 0 Å². The van der Waals surface area contributed by atoms with Gasteiger partial charge in [0.05, 0.1) is 6.61 Å². The Bertz CT molecular complexity index is 442. The van der Waals surface area contributed by atoms with Gasteiger partial charge in [-0.25, -0.2) is 0 Å². The molecular weight excluding hydrogens is 250 g/mol. The molecule has 0 bridgehead atoms. The topological polar surface area (TPSA) is 18.5 Å². The predicted octanol–water partition coefficient (Wildman–Crippen LogP) is 4.49. The van der Waals surface area contributed by atoms with Gasteiger partial charge in [0.15, 0.2) is 11.5 Å². The lowest BCUT2D eigenvalue weighted by Crippen LogP contribution is -2.04. The minimum absolute atomic E-state index is 0.0685. The molecule has 2 nitrogen and oxygen atoms in total. The second-order valence-electron chi connectivity index (χ2n) is 4.32. The Labute approximate surface area is 113 Å². The molecule has 0 aliphatic heterocycles. The molecule has 0 spiro atoms. The first-order valence-electron chi connectivity index (χ1n) is 6.45. The third-order valence-electron chi connectivity index (χ3n) is 2.72. The maximum Gasteiger partial charge on any atom is 0.204 e. The van der Waals surface area contributed by atoms with Crippen molar-refractivity contribution in [1.29, 1.82) is 0 Å². The molecule has 19 heavy (non-hydrogen) atoms. The number of benzene rings is 1. The molecule has 0 amide bonds. The van der Waals surface area contributed by atoms with E-state index in [2.05, 4.69) is 0 Å². The minimum Gasteiger partial charge on any atom is -0.490 e. The van der Waals surface area contributed by atoms with Crippen LogP contribution in [0.3, 0.4) is 0 Å². The highest BCUT2D eigenvalue weighted by atomic mass is 19.2. The normalized spacial score (nSPS) is 11.5. The smallest absolute Gasteiger partial charge is 0.204 e. The fourth-order valence-corrected chi connectivity index (χ4v) is 1.34. The van der Waals surface area contributed by atoms with Gasteiger partial charge in [-0.2, -0.15) is 8.78 Å². The predicted molar refractivity (Wildman–Crippen MR) is 71.7 cm³/mol. The number of hydrogen-bond donors (Lipinski definition) is 0. The molecule has 0 fully saturated rings. The Morgan fingerprint density at radius 3 is 2.26 bits per heavy atom. The maximum absolute atomic E-state index is 13.7. The molecule has 0 radical (unpaired) electrons. The molecule has 0 atom stereocenters. The van der Waals surface area contributed by atoms with E-state index in [1.165, 1.54) is 12.1 Å². The van der Waals surface area contributed by atoms with Gasteiger partial charge in [0.2, 0.25) is 11.6 Å². The average Bonchev–Trinajstić information content (AvgIpc) is 2.42. The van der Waals surface area contributed by atoms with Crippen molar-refractivity contribution < 1.29 is 18.3 Å². The summed E-state index contributed by atoms with van der Waals surface area (Å²) in [5.74, 6) is -2.16. The molecule has 0 heterocycles. The Kier molecular flexibility index (Phi) is 6.33. The van der Waals surface area contributed by atoms with Crippen molar-refractivity contribution in [2.45, 2.75) is 33.6 Å². The highest BCUT2D eigenvalue weighted by molar-refractivity contribution is 5.35. The summed E-state index contributed by atoms with van der Waals surface area (Å²) < 4.78 is 37.8. The lowest BCUT2D eigenvalue weighted by atomic mass is 10.3. The van der Waals surface area contributed by atoms with Crippen LogP contribution in [0.25, 0.3) is 0 Å². The van der Waals surface area contributed by atoms with Crippen molar-refractivity contribution >= 4 is 0 Å². The summed E-state index contributed by atoms with van der Waals surface area (Å²) in [5, 5.41) is 0. The highest BCUT2D eigenvalue weighted by Gasteiger charge is 2.15. The first kappa shape index (κ1) is 15.5. The number of rotatable bonds is 7. The van der Waals surface area contributed by atoms with E-state index in [9.17, 15) is 8.78 Å². The van der Waals surface area contributed by atoms with Crippen molar-refractivity contribution in [2.24, 2.45) is 0 Å². The fourth-order valence-electron chi connectivity index (χ4n) is 1.34. The zero-order chi connectivity index (χ0) is 14.3. The zero-order valence-electron chi connectivity index (χ0n) is 11.6. The molecule has 1 aromatic carbocycles. The second-order valence-corrected chi connectivity index (χ2v) is 4.32. The van der Waals surface area contributed by atoms with Gasteiger partial charge in [-0.3, -0.25) is 0 Å². The van der Waals surface area contributed by atoms with E-state index in [0.29, 0.717) is 6.61 Å². The van der Waals surface area contributed by atoms with Gasteiger partial charge in [-0.05, 0) is 38.0 Å². The molecule has 0 saturated heterocycles. The number of unbranched alkanes of at least 4 members (excludes halogenated alkanes) is 1.